The molecule has 2 nitrogen and oxygen atoms in total. The van der Waals surface area contributed by atoms with Gasteiger partial charge in [-0.25, -0.2) is 0 Å². The summed E-state index contributed by atoms with van der Waals surface area (Å²) in [5.41, 5.74) is 6.64. The summed E-state index contributed by atoms with van der Waals surface area (Å²) in [5, 5.41) is 3.63. The topological polar surface area (TPSA) is 26.0 Å². The van der Waals surface area contributed by atoms with Crippen LogP contribution >= 0.6 is 11.3 Å². The fraction of sp³-hybridized carbons (Fsp3) is 0.240. The quantitative estimate of drug-likeness (QED) is 0.294. The predicted molar refractivity (Wildman–Crippen MR) is 121 cm³/mol. The number of hydrogen-bond acceptors (Lipinski definition) is 3. The molecule has 5 rings (SSSR count). The number of para-hydroxylation sites is 1. The zero-order valence-corrected chi connectivity index (χ0v) is 17.7. The van der Waals surface area contributed by atoms with Gasteiger partial charge in [0.1, 0.15) is 5.58 Å². The van der Waals surface area contributed by atoms with Crippen LogP contribution in [0.2, 0.25) is 0 Å². The molecule has 5 aromatic rings. The van der Waals surface area contributed by atoms with Gasteiger partial charge in [0.15, 0.2) is 5.58 Å². The third kappa shape index (κ3) is 2.50. The predicted octanol–water partition coefficient (Wildman–Crippen LogP) is 7.78. The molecule has 28 heavy (non-hydrogen) atoms. The van der Waals surface area contributed by atoms with E-state index < -0.39 is 0 Å². The fourth-order valence-corrected chi connectivity index (χ4v) is 5.04. The van der Waals surface area contributed by atoms with Crippen molar-refractivity contribution < 1.29 is 4.42 Å². The van der Waals surface area contributed by atoms with Crippen LogP contribution in [0.3, 0.4) is 0 Å². The standard InChI is InChI=1S/C25H23NOS/c1-14-15(2)28-24-17(14)9-10-19-18-7-6-8-20(22(18)27-23(19)24)21-13-16(11-12-26-21)25(3,4)5/h6-13H,1-5H3. The fourth-order valence-electron chi connectivity index (χ4n) is 3.90. The van der Waals surface area contributed by atoms with Crippen molar-refractivity contribution in [2.45, 2.75) is 40.0 Å². The maximum absolute atomic E-state index is 6.52. The van der Waals surface area contributed by atoms with Crippen LogP contribution in [0, 0.1) is 13.8 Å². The summed E-state index contributed by atoms with van der Waals surface area (Å²) in [5.74, 6) is 0. The number of pyridine rings is 1. The van der Waals surface area contributed by atoms with Gasteiger partial charge in [0.25, 0.3) is 0 Å². The Morgan fingerprint density at radius 2 is 1.64 bits per heavy atom. The lowest BCUT2D eigenvalue weighted by molar-refractivity contribution is 0.589. The lowest BCUT2D eigenvalue weighted by Crippen LogP contribution is -2.11. The molecular weight excluding hydrogens is 362 g/mol. The van der Waals surface area contributed by atoms with Crippen LogP contribution in [0.25, 0.3) is 43.3 Å². The van der Waals surface area contributed by atoms with Crippen molar-refractivity contribution in [3.63, 3.8) is 0 Å². The average molecular weight is 386 g/mol. The minimum absolute atomic E-state index is 0.0810. The van der Waals surface area contributed by atoms with E-state index in [1.807, 2.05) is 17.5 Å². The van der Waals surface area contributed by atoms with E-state index in [4.69, 9.17) is 4.42 Å². The molecule has 0 aliphatic heterocycles. The van der Waals surface area contributed by atoms with E-state index in [0.717, 1.165) is 27.8 Å². The number of thiophene rings is 1. The van der Waals surface area contributed by atoms with Gasteiger partial charge in [-0.2, -0.15) is 0 Å². The molecule has 0 fully saturated rings. The normalized spacial score (nSPS) is 12.5. The maximum atomic E-state index is 6.52. The van der Waals surface area contributed by atoms with Gasteiger partial charge in [0, 0.05) is 27.4 Å². The summed E-state index contributed by atoms with van der Waals surface area (Å²) in [6.45, 7) is 11.1. The second kappa shape index (κ2) is 5.92. The zero-order valence-electron chi connectivity index (χ0n) is 16.9. The number of rotatable bonds is 1. The summed E-state index contributed by atoms with van der Waals surface area (Å²) in [6, 6.07) is 15.1. The lowest BCUT2D eigenvalue weighted by atomic mass is 9.87. The first-order chi connectivity index (χ1) is 13.3. The number of benzene rings is 2. The Bertz CT molecular complexity index is 1360. The SMILES string of the molecule is Cc1sc2c(ccc3c4cccc(-c5cc(C(C)(C)C)ccn5)c4oc32)c1C. The third-order valence-electron chi connectivity index (χ3n) is 5.71. The van der Waals surface area contributed by atoms with Crippen LogP contribution < -0.4 is 0 Å². The number of aromatic nitrogens is 1. The summed E-state index contributed by atoms with van der Waals surface area (Å²) in [6.07, 6.45) is 1.90. The first-order valence-corrected chi connectivity index (χ1v) is 10.5. The molecule has 0 radical (unpaired) electrons. The van der Waals surface area contributed by atoms with Gasteiger partial charge in [-0.1, -0.05) is 39.0 Å². The van der Waals surface area contributed by atoms with Crippen LogP contribution in [0.1, 0.15) is 36.8 Å². The number of furan rings is 1. The van der Waals surface area contributed by atoms with Crippen LogP contribution in [0.15, 0.2) is 53.1 Å². The van der Waals surface area contributed by atoms with Gasteiger partial charge in [0.05, 0.1) is 10.4 Å². The summed E-state index contributed by atoms with van der Waals surface area (Å²) in [7, 11) is 0. The van der Waals surface area contributed by atoms with Gasteiger partial charge < -0.3 is 4.42 Å². The molecule has 0 spiro atoms. The van der Waals surface area contributed by atoms with Crippen molar-refractivity contribution in [1.82, 2.24) is 4.98 Å². The van der Waals surface area contributed by atoms with Crippen LogP contribution in [0.5, 0.6) is 0 Å². The van der Waals surface area contributed by atoms with E-state index in [1.54, 1.807) is 0 Å². The molecule has 2 aromatic carbocycles. The molecule has 0 aliphatic rings. The summed E-state index contributed by atoms with van der Waals surface area (Å²) < 4.78 is 7.76. The van der Waals surface area contributed by atoms with E-state index >= 15 is 0 Å². The Hall–Kier alpha value is -2.65. The highest BCUT2D eigenvalue weighted by molar-refractivity contribution is 7.20. The number of fused-ring (bicyclic) bond motifs is 5. The molecule has 0 amide bonds. The van der Waals surface area contributed by atoms with Crippen molar-refractivity contribution in [3.05, 3.63) is 64.7 Å². The molecule has 0 N–H and O–H groups in total. The molecule has 0 saturated carbocycles. The maximum Gasteiger partial charge on any atom is 0.153 e. The summed E-state index contributed by atoms with van der Waals surface area (Å²) >= 11 is 1.82. The van der Waals surface area contributed by atoms with Crippen LogP contribution in [0.4, 0.5) is 0 Å². The Balaban J connectivity index is 1.83. The highest BCUT2D eigenvalue weighted by Gasteiger charge is 2.19. The lowest BCUT2D eigenvalue weighted by Gasteiger charge is -2.19. The number of aryl methyl sites for hydroxylation is 2. The first-order valence-electron chi connectivity index (χ1n) is 9.65. The molecule has 0 aliphatic carbocycles. The van der Waals surface area contributed by atoms with E-state index in [-0.39, 0.29) is 5.41 Å². The molecule has 0 saturated heterocycles. The van der Waals surface area contributed by atoms with Crippen molar-refractivity contribution in [1.29, 1.82) is 0 Å². The van der Waals surface area contributed by atoms with E-state index in [2.05, 4.69) is 82.1 Å². The van der Waals surface area contributed by atoms with Gasteiger partial charge >= 0.3 is 0 Å². The van der Waals surface area contributed by atoms with Crippen LogP contribution in [-0.4, -0.2) is 4.98 Å². The minimum atomic E-state index is 0.0810. The van der Waals surface area contributed by atoms with Gasteiger partial charge in [0.2, 0.25) is 0 Å². The number of hydrogen-bond donors (Lipinski definition) is 0. The monoisotopic (exact) mass is 385 g/mol. The number of nitrogens with zero attached hydrogens (tertiary/aromatic N) is 1. The molecule has 3 heteroatoms. The first kappa shape index (κ1) is 17.4. The third-order valence-corrected chi connectivity index (χ3v) is 6.93. The Morgan fingerprint density at radius 3 is 2.43 bits per heavy atom. The van der Waals surface area contributed by atoms with Gasteiger partial charge in [-0.05, 0) is 60.0 Å². The van der Waals surface area contributed by atoms with Crippen molar-refractivity contribution in [2.24, 2.45) is 0 Å². The molecule has 0 unspecified atom stereocenters. The highest BCUT2D eigenvalue weighted by Crippen LogP contribution is 2.42. The second-order valence-corrected chi connectivity index (χ2v) is 9.79. The van der Waals surface area contributed by atoms with E-state index in [9.17, 15) is 0 Å². The minimum Gasteiger partial charge on any atom is -0.454 e. The van der Waals surface area contributed by atoms with Crippen molar-refractivity contribution >= 4 is 43.4 Å². The molecule has 0 bridgehead atoms. The van der Waals surface area contributed by atoms with E-state index in [1.165, 1.54) is 31.5 Å². The molecule has 3 aromatic heterocycles. The summed E-state index contributed by atoms with van der Waals surface area (Å²) in [4.78, 5) is 6.02. The Labute approximate surface area is 168 Å². The molecule has 140 valence electrons. The highest BCUT2D eigenvalue weighted by atomic mass is 32.1. The molecule has 0 atom stereocenters. The van der Waals surface area contributed by atoms with Crippen LogP contribution in [-0.2, 0) is 5.41 Å². The molecular formula is C25H23NOS. The van der Waals surface area contributed by atoms with Crippen molar-refractivity contribution in [2.75, 3.05) is 0 Å². The van der Waals surface area contributed by atoms with E-state index in [0.29, 0.717) is 0 Å². The average Bonchev–Trinajstić information content (AvgIpc) is 3.19. The molecule has 3 heterocycles. The Morgan fingerprint density at radius 1 is 0.893 bits per heavy atom. The van der Waals surface area contributed by atoms with Gasteiger partial charge in [-0.3, -0.25) is 4.98 Å². The largest absolute Gasteiger partial charge is 0.454 e. The zero-order chi connectivity index (χ0) is 19.6. The van der Waals surface area contributed by atoms with Gasteiger partial charge in [-0.15, -0.1) is 11.3 Å². The van der Waals surface area contributed by atoms with Crippen molar-refractivity contribution in [3.8, 4) is 11.3 Å². The smallest absolute Gasteiger partial charge is 0.153 e. The Kier molecular flexibility index (Phi) is 3.69. The second-order valence-electron chi connectivity index (χ2n) is 8.57.